The average molecular weight is 304 g/mol. The van der Waals surface area contributed by atoms with Gasteiger partial charge >= 0.3 is 5.97 Å². The van der Waals surface area contributed by atoms with Crippen LogP contribution in [0.1, 0.15) is 10.4 Å². The van der Waals surface area contributed by atoms with Crippen LogP contribution in [0.4, 0.5) is 0 Å². The number of carbonyl (C=O) groups is 1. The molecule has 0 saturated heterocycles. The first kappa shape index (κ1) is 14.9. The first-order chi connectivity index (χ1) is 11.2. The van der Waals surface area contributed by atoms with E-state index in [2.05, 4.69) is 0 Å². The molecule has 3 aromatic carbocycles. The van der Waals surface area contributed by atoms with Gasteiger partial charge in [0.1, 0.15) is 5.75 Å². The van der Waals surface area contributed by atoms with E-state index < -0.39 is 5.97 Å². The molecule has 0 heterocycles. The molecule has 0 unspecified atom stereocenters. The first-order valence-electron chi connectivity index (χ1n) is 7.27. The number of phenols is 1. The summed E-state index contributed by atoms with van der Waals surface area (Å²) < 4.78 is 4.91. The SMILES string of the molecule is COC(=O)c1ccc(O)c(-c2ccccc2)c1-c1ccccc1. The van der Waals surface area contributed by atoms with E-state index in [1.54, 1.807) is 6.07 Å². The highest BCUT2D eigenvalue weighted by molar-refractivity contribution is 6.03. The highest BCUT2D eigenvalue weighted by Crippen LogP contribution is 2.41. The van der Waals surface area contributed by atoms with Gasteiger partial charge in [-0.05, 0) is 23.3 Å². The predicted molar refractivity (Wildman–Crippen MR) is 90.3 cm³/mol. The van der Waals surface area contributed by atoms with E-state index >= 15 is 0 Å². The highest BCUT2D eigenvalue weighted by atomic mass is 16.5. The van der Waals surface area contributed by atoms with Gasteiger partial charge in [-0.3, -0.25) is 0 Å². The second kappa shape index (κ2) is 6.36. The lowest BCUT2D eigenvalue weighted by molar-refractivity contribution is 0.0601. The first-order valence-corrected chi connectivity index (χ1v) is 7.27. The molecule has 0 saturated carbocycles. The Morgan fingerprint density at radius 1 is 0.783 bits per heavy atom. The molecule has 23 heavy (non-hydrogen) atoms. The van der Waals surface area contributed by atoms with Gasteiger partial charge in [0.15, 0.2) is 0 Å². The lowest BCUT2D eigenvalue weighted by Crippen LogP contribution is -2.05. The molecule has 0 aliphatic carbocycles. The van der Waals surface area contributed by atoms with Gasteiger partial charge < -0.3 is 9.84 Å². The van der Waals surface area contributed by atoms with Crippen LogP contribution in [0.3, 0.4) is 0 Å². The predicted octanol–water partition coefficient (Wildman–Crippen LogP) is 4.51. The summed E-state index contributed by atoms with van der Waals surface area (Å²) in [4.78, 5) is 12.2. The molecule has 1 N–H and O–H groups in total. The summed E-state index contributed by atoms with van der Waals surface area (Å²) in [5.41, 5.74) is 3.41. The quantitative estimate of drug-likeness (QED) is 0.724. The van der Waals surface area contributed by atoms with Crippen molar-refractivity contribution in [2.45, 2.75) is 0 Å². The molecule has 114 valence electrons. The van der Waals surface area contributed by atoms with Crippen molar-refractivity contribution in [1.82, 2.24) is 0 Å². The Labute approximate surface area is 134 Å². The van der Waals surface area contributed by atoms with Gasteiger partial charge in [0.25, 0.3) is 0 Å². The van der Waals surface area contributed by atoms with Crippen LogP contribution in [0.5, 0.6) is 5.75 Å². The van der Waals surface area contributed by atoms with E-state index in [1.165, 1.54) is 13.2 Å². The molecule has 3 aromatic rings. The molecule has 3 rings (SSSR count). The fourth-order valence-corrected chi connectivity index (χ4v) is 2.67. The van der Waals surface area contributed by atoms with Gasteiger partial charge in [0, 0.05) is 11.1 Å². The van der Waals surface area contributed by atoms with E-state index in [1.807, 2.05) is 60.7 Å². The summed E-state index contributed by atoms with van der Waals surface area (Å²) in [6.07, 6.45) is 0. The smallest absolute Gasteiger partial charge is 0.338 e. The van der Waals surface area contributed by atoms with Crippen LogP contribution in [-0.2, 0) is 4.74 Å². The maximum atomic E-state index is 12.2. The maximum absolute atomic E-state index is 12.2. The molecule has 0 aliphatic rings. The lowest BCUT2D eigenvalue weighted by atomic mass is 9.89. The van der Waals surface area contributed by atoms with Crippen LogP contribution in [0.15, 0.2) is 72.8 Å². The molecule has 0 bridgehead atoms. The van der Waals surface area contributed by atoms with E-state index in [0.29, 0.717) is 16.7 Å². The zero-order valence-corrected chi connectivity index (χ0v) is 12.7. The van der Waals surface area contributed by atoms with Crippen LogP contribution in [0.2, 0.25) is 0 Å². The summed E-state index contributed by atoms with van der Waals surface area (Å²) in [6.45, 7) is 0. The minimum absolute atomic E-state index is 0.128. The summed E-state index contributed by atoms with van der Waals surface area (Å²) in [6, 6.07) is 22.2. The Hall–Kier alpha value is -3.07. The van der Waals surface area contributed by atoms with Crippen molar-refractivity contribution in [3.63, 3.8) is 0 Å². The number of esters is 1. The number of carbonyl (C=O) groups excluding carboxylic acids is 1. The molecule has 0 amide bonds. The number of phenolic OH excluding ortho intramolecular Hbond substituents is 1. The Kier molecular flexibility index (Phi) is 4.11. The van der Waals surface area contributed by atoms with Crippen molar-refractivity contribution in [1.29, 1.82) is 0 Å². The van der Waals surface area contributed by atoms with Gasteiger partial charge in [0.05, 0.1) is 12.7 Å². The van der Waals surface area contributed by atoms with Gasteiger partial charge in [-0.2, -0.15) is 0 Å². The zero-order valence-electron chi connectivity index (χ0n) is 12.7. The van der Waals surface area contributed by atoms with Crippen molar-refractivity contribution in [3.05, 3.63) is 78.4 Å². The van der Waals surface area contributed by atoms with Crippen molar-refractivity contribution in [2.24, 2.45) is 0 Å². The summed E-state index contributed by atoms with van der Waals surface area (Å²) in [5, 5.41) is 10.4. The number of aromatic hydroxyl groups is 1. The fraction of sp³-hybridized carbons (Fsp3) is 0.0500. The molecule has 3 heteroatoms. The maximum Gasteiger partial charge on any atom is 0.338 e. The number of methoxy groups -OCH3 is 1. The van der Waals surface area contributed by atoms with E-state index in [-0.39, 0.29) is 5.75 Å². The molecule has 0 fully saturated rings. The molecular formula is C20H16O3. The van der Waals surface area contributed by atoms with Crippen molar-refractivity contribution in [3.8, 4) is 28.0 Å². The van der Waals surface area contributed by atoms with Gasteiger partial charge in [0.2, 0.25) is 0 Å². The minimum atomic E-state index is -0.430. The topological polar surface area (TPSA) is 46.5 Å². The third-order valence-corrected chi connectivity index (χ3v) is 3.71. The molecule has 0 aliphatic heterocycles. The Balaban J connectivity index is 2.36. The van der Waals surface area contributed by atoms with E-state index in [4.69, 9.17) is 4.74 Å². The van der Waals surface area contributed by atoms with E-state index in [0.717, 1.165) is 11.1 Å². The Bertz CT molecular complexity index is 824. The second-order valence-electron chi connectivity index (χ2n) is 5.11. The second-order valence-corrected chi connectivity index (χ2v) is 5.11. The number of hydrogen-bond acceptors (Lipinski definition) is 3. The standard InChI is InChI=1S/C20H16O3/c1-23-20(22)16-12-13-17(21)19(15-10-6-3-7-11-15)18(16)14-8-4-2-5-9-14/h2-13,21H,1H3. The average Bonchev–Trinajstić information content (AvgIpc) is 2.62. The number of ether oxygens (including phenoxy) is 1. The van der Waals surface area contributed by atoms with Crippen LogP contribution in [0.25, 0.3) is 22.3 Å². The summed E-state index contributed by atoms with van der Waals surface area (Å²) >= 11 is 0. The Morgan fingerprint density at radius 2 is 1.30 bits per heavy atom. The van der Waals surface area contributed by atoms with Crippen molar-refractivity contribution in [2.75, 3.05) is 7.11 Å². The normalized spacial score (nSPS) is 10.3. The van der Waals surface area contributed by atoms with Crippen LogP contribution in [-0.4, -0.2) is 18.2 Å². The van der Waals surface area contributed by atoms with Gasteiger partial charge in [-0.15, -0.1) is 0 Å². The molecule has 0 radical (unpaired) electrons. The summed E-state index contributed by atoms with van der Waals surface area (Å²) in [5.74, 6) is -0.302. The molecule has 0 atom stereocenters. The lowest BCUT2D eigenvalue weighted by Gasteiger charge is -2.16. The van der Waals surface area contributed by atoms with E-state index in [9.17, 15) is 9.90 Å². The molecule has 3 nitrogen and oxygen atoms in total. The third-order valence-electron chi connectivity index (χ3n) is 3.71. The van der Waals surface area contributed by atoms with Crippen molar-refractivity contribution < 1.29 is 14.6 Å². The monoisotopic (exact) mass is 304 g/mol. The van der Waals surface area contributed by atoms with Gasteiger partial charge in [-0.1, -0.05) is 60.7 Å². The van der Waals surface area contributed by atoms with Crippen LogP contribution in [0, 0.1) is 0 Å². The Morgan fingerprint density at radius 3 is 1.83 bits per heavy atom. The van der Waals surface area contributed by atoms with Crippen molar-refractivity contribution >= 4 is 5.97 Å². The highest BCUT2D eigenvalue weighted by Gasteiger charge is 2.20. The zero-order chi connectivity index (χ0) is 16.2. The molecular weight excluding hydrogens is 288 g/mol. The third kappa shape index (κ3) is 2.81. The van der Waals surface area contributed by atoms with Gasteiger partial charge in [-0.25, -0.2) is 4.79 Å². The number of hydrogen-bond donors (Lipinski definition) is 1. The number of rotatable bonds is 3. The molecule has 0 aromatic heterocycles. The molecule has 0 spiro atoms. The summed E-state index contributed by atoms with van der Waals surface area (Å²) in [7, 11) is 1.35. The van der Waals surface area contributed by atoms with Crippen LogP contribution < -0.4 is 0 Å². The largest absolute Gasteiger partial charge is 0.507 e. The fourth-order valence-electron chi connectivity index (χ4n) is 2.67. The minimum Gasteiger partial charge on any atom is -0.507 e. The van der Waals surface area contributed by atoms with Crippen LogP contribution >= 0.6 is 0 Å². The number of benzene rings is 3.